The van der Waals surface area contributed by atoms with Crippen LogP contribution in [0.4, 0.5) is 0 Å². The van der Waals surface area contributed by atoms with Crippen molar-refractivity contribution >= 4 is 43.8 Å². The number of aryl methyl sites for hydroxylation is 1. The molecule has 5 aromatic rings. The summed E-state index contributed by atoms with van der Waals surface area (Å²) in [6.45, 7) is 2.28. The fraction of sp³-hybridized carbons (Fsp3) is 0.167. The maximum absolute atomic E-state index is 13.2. The highest BCUT2D eigenvalue weighted by Gasteiger charge is 2.15. The molecule has 0 aliphatic carbocycles. The Morgan fingerprint density at radius 3 is 2.42 bits per heavy atom. The number of benzene rings is 4. The van der Waals surface area contributed by atoms with E-state index in [-0.39, 0.29) is 5.56 Å². The molecule has 5 rings (SSSR count). The van der Waals surface area contributed by atoms with Gasteiger partial charge in [0.2, 0.25) is 5.75 Å². The van der Waals surface area contributed by atoms with E-state index in [0.29, 0.717) is 52.6 Å². The Balaban J connectivity index is 1.49. The molecule has 0 amide bonds. The van der Waals surface area contributed by atoms with Gasteiger partial charge in [-0.15, -0.1) is 0 Å². The third-order valence-corrected chi connectivity index (χ3v) is 6.74. The molecule has 0 spiro atoms. The quantitative estimate of drug-likeness (QED) is 0.203. The van der Waals surface area contributed by atoms with E-state index in [1.807, 2.05) is 43.3 Å². The number of ether oxygens (including phenoxy) is 3. The first-order chi connectivity index (χ1) is 18.5. The monoisotopic (exact) mass is 571 g/mol. The van der Waals surface area contributed by atoms with Crippen molar-refractivity contribution in [2.75, 3.05) is 14.2 Å². The molecule has 1 aromatic heterocycles. The third-order valence-electron chi connectivity index (χ3n) is 6.25. The Morgan fingerprint density at radius 1 is 0.947 bits per heavy atom. The van der Waals surface area contributed by atoms with Crippen LogP contribution in [0.5, 0.6) is 17.2 Å². The number of halogens is 1. The van der Waals surface area contributed by atoms with Gasteiger partial charge in [0.15, 0.2) is 11.5 Å². The standard InChI is InChI=1S/C30H26BrN3O4/c1-4-28-33-25-13-12-22(31)16-24(25)30(35)34(28)32-17-19-14-26(36-2)29(27(15-19)37-3)38-18-21-10-7-9-20-8-5-6-11-23(20)21/h5-17H,4,18H2,1-3H3. The minimum atomic E-state index is -0.238. The molecule has 0 aliphatic rings. The molecule has 192 valence electrons. The van der Waals surface area contributed by atoms with Crippen molar-refractivity contribution in [3.8, 4) is 17.2 Å². The fourth-order valence-corrected chi connectivity index (χ4v) is 4.71. The first kappa shape index (κ1) is 25.5. The van der Waals surface area contributed by atoms with E-state index in [9.17, 15) is 4.79 Å². The molecule has 0 fully saturated rings. The fourth-order valence-electron chi connectivity index (χ4n) is 4.35. The van der Waals surface area contributed by atoms with Crippen LogP contribution in [0.1, 0.15) is 23.9 Å². The lowest BCUT2D eigenvalue weighted by Crippen LogP contribution is -2.22. The van der Waals surface area contributed by atoms with Crippen molar-refractivity contribution < 1.29 is 14.2 Å². The van der Waals surface area contributed by atoms with Gasteiger partial charge in [-0.2, -0.15) is 9.78 Å². The van der Waals surface area contributed by atoms with E-state index in [0.717, 1.165) is 20.8 Å². The maximum atomic E-state index is 13.2. The minimum Gasteiger partial charge on any atom is -0.493 e. The van der Waals surface area contributed by atoms with Crippen LogP contribution < -0.4 is 19.8 Å². The lowest BCUT2D eigenvalue weighted by Gasteiger charge is -2.16. The van der Waals surface area contributed by atoms with Gasteiger partial charge >= 0.3 is 0 Å². The van der Waals surface area contributed by atoms with E-state index in [4.69, 9.17) is 14.2 Å². The largest absolute Gasteiger partial charge is 0.493 e. The van der Waals surface area contributed by atoms with E-state index < -0.39 is 0 Å². The number of fused-ring (bicyclic) bond motifs is 2. The second kappa shape index (κ2) is 11.1. The zero-order chi connectivity index (χ0) is 26.6. The van der Waals surface area contributed by atoms with Gasteiger partial charge in [0.25, 0.3) is 5.56 Å². The predicted molar refractivity (Wildman–Crippen MR) is 154 cm³/mol. The number of nitrogens with zero attached hydrogens (tertiary/aromatic N) is 3. The third kappa shape index (κ3) is 4.99. The number of aromatic nitrogens is 2. The summed E-state index contributed by atoms with van der Waals surface area (Å²) < 4.78 is 19.6. The molecule has 4 aromatic carbocycles. The summed E-state index contributed by atoms with van der Waals surface area (Å²) in [5.41, 5.74) is 2.13. The summed E-state index contributed by atoms with van der Waals surface area (Å²) in [5, 5.41) is 7.25. The Bertz CT molecular complexity index is 1700. The van der Waals surface area contributed by atoms with Gasteiger partial charge < -0.3 is 14.2 Å². The summed E-state index contributed by atoms with van der Waals surface area (Å²) in [6.07, 6.45) is 2.14. The van der Waals surface area contributed by atoms with Gasteiger partial charge in [-0.1, -0.05) is 65.3 Å². The molecule has 0 N–H and O–H groups in total. The molecule has 8 heteroatoms. The number of hydrogen-bond donors (Lipinski definition) is 0. The van der Waals surface area contributed by atoms with Crippen LogP contribution in [0.15, 0.2) is 87.2 Å². The second-order valence-electron chi connectivity index (χ2n) is 8.59. The number of methoxy groups -OCH3 is 2. The number of rotatable bonds is 8. The smallest absolute Gasteiger partial charge is 0.282 e. The molecule has 0 saturated carbocycles. The van der Waals surface area contributed by atoms with Gasteiger partial charge in [-0.3, -0.25) is 4.79 Å². The van der Waals surface area contributed by atoms with Gasteiger partial charge in [0.1, 0.15) is 12.4 Å². The zero-order valence-electron chi connectivity index (χ0n) is 21.3. The Labute approximate surface area is 228 Å². The van der Waals surface area contributed by atoms with Gasteiger partial charge in [0, 0.05) is 16.5 Å². The highest BCUT2D eigenvalue weighted by Crippen LogP contribution is 2.39. The van der Waals surface area contributed by atoms with Crippen LogP contribution in [-0.4, -0.2) is 30.1 Å². The lowest BCUT2D eigenvalue weighted by molar-refractivity contribution is 0.267. The minimum absolute atomic E-state index is 0.238. The van der Waals surface area contributed by atoms with Crippen molar-refractivity contribution in [3.63, 3.8) is 0 Å². The average molecular weight is 572 g/mol. The first-order valence-electron chi connectivity index (χ1n) is 12.1. The topological polar surface area (TPSA) is 74.9 Å². The van der Waals surface area contributed by atoms with Crippen molar-refractivity contribution in [2.45, 2.75) is 20.0 Å². The molecule has 0 aliphatic heterocycles. The van der Waals surface area contributed by atoms with Crippen molar-refractivity contribution in [1.82, 2.24) is 9.66 Å². The van der Waals surface area contributed by atoms with Crippen LogP contribution in [0, 0.1) is 0 Å². The van der Waals surface area contributed by atoms with Gasteiger partial charge in [-0.05, 0) is 46.7 Å². The molecule has 0 radical (unpaired) electrons. The number of hydrogen-bond acceptors (Lipinski definition) is 6. The zero-order valence-corrected chi connectivity index (χ0v) is 22.9. The van der Waals surface area contributed by atoms with Gasteiger partial charge in [-0.25, -0.2) is 4.98 Å². The Hall–Kier alpha value is -4.17. The van der Waals surface area contributed by atoms with Crippen LogP contribution >= 0.6 is 15.9 Å². The van der Waals surface area contributed by atoms with E-state index in [1.54, 1.807) is 38.6 Å². The summed E-state index contributed by atoms with van der Waals surface area (Å²) in [5.74, 6) is 2.04. The highest BCUT2D eigenvalue weighted by molar-refractivity contribution is 9.10. The maximum Gasteiger partial charge on any atom is 0.282 e. The average Bonchev–Trinajstić information content (AvgIpc) is 2.95. The molecule has 0 bridgehead atoms. The summed E-state index contributed by atoms with van der Waals surface area (Å²) in [6, 6.07) is 23.4. The van der Waals surface area contributed by atoms with Crippen LogP contribution in [0.25, 0.3) is 21.7 Å². The first-order valence-corrected chi connectivity index (χ1v) is 12.9. The summed E-state index contributed by atoms with van der Waals surface area (Å²) in [7, 11) is 3.15. The van der Waals surface area contributed by atoms with E-state index >= 15 is 0 Å². The van der Waals surface area contributed by atoms with Crippen LogP contribution in [0.2, 0.25) is 0 Å². The molecule has 0 unspecified atom stereocenters. The molecule has 38 heavy (non-hydrogen) atoms. The molecule has 1 heterocycles. The molecule has 7 nitrogen and oxygen atoms in total. The van der Waals surface area contributed by atoms with Crippen molar-refractivity contribution in [2.24, 2.45) is 5.10 Å². The Morgan fingerprint density at radius 2 is 1.68 bits per heavy atom. The molecule has 0 atom stereocenters. The Kier molecular flexibility index (Phi) is 7.42. The molecular weight excluding hydrogens is 546 g/mol. The van der Waals surface area contributed by atoms with Gasteiger partial charge in [0.05, 0.1) is 31.3 Å². The van der Waals surface area contributed by atoms with Crippen molar-refractivity contribution in [1.29, 1.82) is 0 Å². The molecule has 0 saturated heterocycles. The predicted octanol–water partition coefficient (Wildman–Crippen LogP) is 6.35. The van der Waals surface area contributed by atoms with Crippen LogP contribution in [0.3, 0.4) is 0 Å². The van der Waals surface area contributed by atoms with E-state index in [1.165, 1.54) is 4.68 Å². The highest BCUT2D eigenvalue weighted by atomic mass is 79.9. The van der Waals surface area contributed by atoms with Crippen LogP contribution in [-0.2, 0) is 13.0 Å². The van der Waals surface area contributed by atoms with Crippen molar-refractivity contribution in [3.05, 3.63) is 105 Å². The normalized spacial score (nSPS) is 11.4. The lowest BCUT2D eigenvalue weighted by atomic mass is 10.1. The summed E-state index contributed by atoms with van der Waals surface area (Å²) >= 11 is 3.43. The summed E-state index contributed by atoms with van der Waals surface area (Å²) in [4.78, 5) is 17.8. The molecular formula is C30H26BrN3O4. The van der Waals surface area contributed by atoms with E-state index in [2.05, 4.69) is 44.2 Å². The SMILES string of the molecule is CCc1nc2ccc(Br)cc2c(=O)n1N=Cc1cc(OC)c(OCc2cccc3ccccc23)c(OC)c1. The second-order valence-corrected chi connectivity index (χ2v) is 9.50.